The van der Waals surface area contributed by atoms with E-state index < -0.39 is 5.82 Å². The molecule has 31 heavy (non-hydrogen) atoms. The molecule has 7 nitrogen and oxygen atoms in total. The fourth-order valence-electron chi connectivity index (χ4n) is 3.84. The molecule has 0 atom stereocenters. The van der Waals surface area contributed by atoms with Crippen LogP contribution in [0, 0.1) is 5.82 Å². The van der Waals surface area contributed by atoms with Crippen LogP contribution in [-0.2, 0) is 6.54 Å². The van der Waals surface area contributed by atoms with E-state index in [4.69, 9.17) is 11.6 Å². The zero-order valence-electron chi connectivity index (χ0n) is 16.9. The van der Waals surface area contributed by atoms with E-state index in [-0.39, 0.29) is 5.02 Å². The summed E-state index contributed by atoms with van der Waals surface area (Å²) in [7, 11) is 3.63. The quantitative estimate of drug-likeness (QED) is 0.417. The number of aromatic nitrogens is 5. The van der Waals surface area contributed by atoms with Crippen molar-refractivity contribution in [1.82, 2.24) is 24.6 Å². The van der Waals surface area contributed by atoms with Gasteiger partial charge in [0.25, 0.3) is 0 Å². The Hall–Kier alpha value is -3.65. The number of fused-ring (bicyclic) bond motifs is 2. The standard InChI is InChI=1S/C22H19ClFN7/c1-25-16-12-31-11-14(5-6-17(31)28-16)18-15-9-27-29-21(15)22(20(24)19(18)23)30(2)10-13-4-3-7-26-8-13/h3-9,11-12,25H,10H2,1-2H3,(H,27,29). The Morgan fingerprint density at radius 2 is 2.10 bits per heavy atom. The van der Waals surface area contributed by atoms with Gasteiger partial charge in [0.15, 0.2) is 5.82 Å². The van der Waals surface area contributed by atoms with Gasteiger partial charge in [-0.3, -0.25) is 10.1 Å². The summed E-state index contributed by atoms with van der Waals surface area (Å²) in [5.74, 6) is 0.247. The number of nitrogens with one attached hydrogen (secondary N) is 2. The lowest BCUT2D eigenvalue weighted by molar-refractivity contribution is 0.624. The summed E-state index contributed by atoms with van der Waals surface area (Å²) in [6.07, 6.45) is 8.89. The fraction of sp³-hybridized carbons (Fsp3) is 0.136. The van der Waals surface area contributed by atoms with Crippen LogP contribution < -0.4 is 10.2 Å². The van der Waals surface area contributed by atoms with E-state index in [1.165, 1.54) is 0 Å². The third kappa shape index (κ3) is 3.25. The van der Waals surface area contributed by atoms with Gasteiger partial charge in [0, 0.05) is 55.7 Å². The minimum absolute atomic E-state index is 0.0511. The number of nitrogens with zero attached hydrogens (tertiary/aromatic N) is 5. The Kier molecular flexibility index (Phi) is 4.71. The lowest BCUT2D eigenvalue weighted by Crippen LogP contribution is -2.18. The summed E-state index contributed by atoms with van der Waals surface area (Å²) < 4.78 is 17.5. The summed E-state index contributed by atoms with van der Waals surface area (Å²) in [6, 6.07) is 7.56. The molecule has 0 saturated heterocycles. The highest BCUT2D eigenvalue weighted by atomic mass is 35.5. The van der Waals surface area contributed by atoms with Gasteiger partial charge in [-0.1, -0.05) is 17.7 Å². The monoisotopic (exact) mass is 435 g/mol. The molecule has 2 N–H and O–H groups in total. The Morgan fingerprint density at radius 3 is 2.87 bits per heavy atom. The lowest BCUT2D eigenvalue weighted by atomic mass is 10.0. The van der Waals surface area contributed by atoms with Gasteiger partial charge in [0.1, 0.15) is 17.2 Å². The largest absolute Gasteiger partial charge is 0.372 e. The van der Waals surface area contributed by atoms with Gasteiger partial charge in [0.2, 0.25) is 0 Å². The Morgan fingerprint density at radius 1 is 1.23 bits per heavy atom. The molecule has 0 bridgehead atoms. The van der Waals surface area contributed by atoms with Gasteiger partial charge in [-0.2, -0.15) is 5.10 Å². The minimum Gasteiger partial charge on any atom is -0.372 e. The molecule has 0 aliphatic heterocycles. The molecule has 9 heteroatoms. The zero-order chi connectivity index (χ0) is 21.5. The fourth-order valence-corrected chi connectivity index (χ4v) is 4.14. The van der Waals surface area contributed by atoms with Crippen LogP contribution in [0.15, 0.2) is 55.2 Å². The van der Waals surface area contributed by atoms with E-state index in [1.54, 1.807) is 23.5 Å². The molecule has 0 amide bonds. The van der Waals surface area contributed by atoms with E-state index in [9.17, 15) is 0 Å². The second-order valence-electron chi connectivity index (χ2n) is 7.29. The smallest absolute Gasteiger partial charge is 0.167 e. The van der Waals surface area contributed by atoms with E-state index in [1.807, 2.05) is 55.2 Å². The second-order valence-corrected chi connectivity index (χ2v) is 7.66. The number of hydrogen-bond acceptors (Lipinski definition) is 5. The number of benzene rings is 1. The van der Waals surface area contributed by atoms with Gasteiger partial charge in [-0.25, -0.2) is 9.37 Å². The topological polar surface area (TPSA) is 74.1 Å². The molecule has 0 radical (unpaired) electrons. The summed E-state index contributed by atoms with van der Waals surface area (Å²) in [4.78, 5) is 10.4. The van der Waals surface area contributed by atoms with E-state index in [0.29, 0.717) is 23.3 Å². The first-order valence-corrected chi connectivity index (χ1v) is 10.1. The number of imidazole rings is 1. The third-order valence-corrected chi connectivity index (χ3v) is 5.64. The number of pyridine rings is 2. The first-order valence-electron chi connectivity index (χ1n) is 9.67. The van der Waals surface area contributed by atoms with Crippen LogP contribution in [0.1, 0.15) is 5.56 Å². The minimum atomic E-state index is -0.499. The number of H-pyrrole nitrogens is 1. The van der Waals surface area contributed by atoms with Crippen LogP contribution in [0.4, 0.5) is 15.9 Å². The van der Waals surface area contributed by atoms with Crippen LogP contribution >= 0.6 is 11.6 Å². The number of rotatable bonds is 5. The molecule has 0 fully saturated rings. The van der Waals surface area contributed by atoms with E-state index in [0.717, 1.165) is 28.0 Å². The molecule has 0 unspecified atom stereocenters. The first kappa shape index (κ1) is 19.3. The normalized spacial score (nSPS) is 11.4. The molecule has 0 aliphatic rings. The summed E-state index contributed by atoms with van der Waals surface area (Å²) in [5.41, 5.74) is 4.05. The molecule has 0 saturated carbocycles. The Bertz CT molecular complexity index is 1390. The van der Waals surface area contributed by atoms with Crippen molar-refractivity contribution < 1.29 is 4.39 Å². The van der Waals surface area contributed by atoms with E-state index in [2.05, 4.69) is 25.5 Å². The predicted molar refractivity (Wildman–Crippen MR) is 121 cm³/mol. The van der Waals surface area contributed by atoms with Crippen LogP contribution in [0.3, 0.4) is 0 Å². The van der Waals surface area contributed by atoms with Crippen molar-refractivity contribution >= 4 is 39.7 Å². The Balaban J connectivity index is 1.65. The van der Waals surface area contributed by atoms with Crippen molar-refractivity contribution in [3.8, 4) is 11.1 Å². The second kappa shape index (κ2) is 7.55. The van der Waals surface area contributed by atoms with Crippen molar-refractivity contribution in [3.05, 3.63) is 71.7 Å². The predicted octanol–water partition coefficient (Wildman–Crippen LogP) is 4.74. The van der Waals surface area contributed by atoms with Gasteiger partial charge in [-0.15, -0.1) is 0 Å². The maximum Gasteiger partial charge on any atom is 0.167 e. The van der Waals surface area contributed by atoms with Crippen LogP contribution in [0.2, 0.25) is 5.02 Å². The maximum absolute atomic E-state index is 15.6. The third-order valence-electron chi connectivity index (χ3n) is 5.29. The maximum atomic E-state index is 15.6. The zero-order valence-corrected chi connectivity index (χ0v) is 17.7. The molecule has 5 rings (SSSR count). The summed E-state index contributed by atoms with van der Waals surface area (Å²) >= 11 is 6.61. The molecular weight excluding hydrogens is 417 g/mol. The molecule has 4 aromatic heterocycles. The van der Waals surface area contributed by atoms with Gasteiger partial charge in [-0.05, 0) is 23.8 Å². The van der Waals surface area contributed by atoms with Gasteiger partial charge in [0.05, 0.1) is 22.9 Å². The number of anilines is 2. The molecule has 0 spiro atoms. The summed E-state index contributed by atoms with van der Waals surface area (Å²) in [6.45, 7) is 0.475. The van der Waals surface area contributed by atoms with Crippen LogP contribution in [-0.4, -0.2) is 38.7 Å². The summed E-state index contributed by atoms with van der Waals surface area (Å²) in [5, 5.41) is 10.9. The number of aromatic amines is 1. The molecular formula is C22H19ClFN7. The molecule has 1 aromatic carbocycles. The molecule has 156 valence electrons. The van der Waals surface area contributed by atoms with Crippen molar-refractivity contribution in [2.75, 3.05) is 24.3 Å². The van der Waals surface area contributed by atoms with Crippen LogP contribution in [0.5, 0.6) is 0 Å². The average molecular weight is 436 g/mol. The van der Waals surface area contributed by atoms with Crippen molar-refractivity contribution in [1.29, 1.82) is 0 Å². The number of hydrogen-bond donors (Lipinski definition) is 2. The highest BCUT2D eigenvalue weighted by Crippen LogP contribution is 2.42. The van der Waals surface area contributed by atoms with Crippen molar-refractivity contribution in [2.45, 2.75) is 6.54 Å². The molecule has 0 aliphatic carbocycles. The first-order chi connectivity index (χ1) is 15.1. The number of halogens is 2. The SMILES string of the molecule is CNc1cn2cc(-c3c(Cl)c(F)c(N(C)Cc4cccnc4)c4[nH]ncc34)ccc2n1. The molecule has 4 heterocycles. The average Bonchev–Trinajstić information content (AvgIpc) is 3.41. The van der Waals surface area contributed by atoms with Crippen LogP contribution in [0.25, 0.3) is 27.7 Å². The molecule has 5 aromatic rings. The van der Waals surface area contributed by atoms with Gasteiger partial charge < -0.3 is 14.6 Å². The van der Waals surface area contributed by atoms with Crippen molar-refractivity contribution in [3.63, 3.8) is 0 Å². The lowest BCUT2D eigenvalue weighted by Gasteiger charge is -2.22. The van der Waals surface area contributed by atoms with E-state index >= 15 is 4.39 Å². The highest BCUT2D eigenvalue weighted by molar-refractivity contribution is 6.36. The highest BCUT2D eigenvalue weighted by Gasteiger charge is 2.24. The Labute approximate surface area is 182 Å². The van der Waals surface area contributed by atoms with Gasteiger partial charge >= 0.3 is 0 Å². The van der Waals surface area contributed by atoms with Crippen molar-refractivity contribution in [2.24, 2.45) is 0 Å².